The van der Waals surface area contributed by atoms with Crippen LogP contribution in [0, 0.1) is 12.7 Å². The Bertz CT molecular complexity index is 716. The highest BCUT2D eigenvalue weighted by atomic mass is 19.1. The summed E-state index contributed by atoms with van der Waals surface area (Å²) in [5.74, 6) is -0.192. The van der Waals surface area contributed by atoms with E-state index in [1.165, 1.54) is 10.7 Å². The van der Waals surface area contributed by atoms with Crippen LogP contribution in [-0.4, -0.2) is 51.4 Å². The van der Waals surface area contributed by atoms with Crippen LogP contribution < -0.4 is 5.32 Å². The second-order valence-corrected chi connectivity index (χ2v) is 5.76. The molecule has 1 aliphatic rings. The topological polar surface area (TPSA) is 70.4 Å². The van der Waals surface area contributed by atoms with Gasteiger partial charge in [0.1, 0.15) is 17.3 Å². The van der Waals surface area contributed by atoms with Crippen molar-refractivity contribution >= 4 is 11.7 Å². The van der Waals surface area contributed by atoms with E-state index >= 15 is 0 Å². The second-order valence-electron chi connectivity index (χ2n) is 5.76. The first kappa shape index (κ1) is 15.6. The van der Waals surface area contributed by atoms with Crippen molar-refractivity contribution < 1.29 is 14.3 Å². The first-order chi connectivity index (χ1) is 11.0. The van der Waals surface area contributed by atoms with Gasteiger partial charge >= 0.3 is 0 Å². The van der Waals surface area contributed by atoms with E-state index in [2.05, 4.69) is 10.4 Å². The zero-order valence-corrected chi connectivity index (χ0v) is 12.9. The molecule has 1 saturated heterocycles. The number of β-amino-alcohol motifs (C(OH)–C–C–N with tert-alkyl or cyclic N) is 1. The maximum Gasteiger partial charge on any atom is 0.239 e. The van der Waals surface area contributed by atoms with Crippen LogP contribution >= 0.6 is 0 Å². The van der Waals surface area contributed by atoms with Gasteiger partial charge in [0.15, 0.2) is 0 Å². The minimum absolute atomic E-state index is 0.193. The number of carbonyl (C=O) groups is 1. The summed E-state index contributed by atoms with van der Waals surface area (Å²) in [6, 6.07) is 7.97. The number of aliphatic hydroxyl groups is 1. The van der Waals surface area contributed by atoms with Crippen molar-refractivity contribution in [1.82, 2.24) is 14.7 Å². The predicted molar refractivity (Wildman–Crippen MR) is 84.0 cm³/mol. The number of amides is 1. The largest absolute Gasteiger partial charge is 0.392 e. The Morgan fingerprint density at radius 3 is 2.96 bits per heavy atom. The lowest BCUT2D eigenvalue weighted by atomic mass is 10.3. The molecule has 1 atom stereocenters. The molecule has 0 unspecified atom stereocenters. The molecule has 2 aromatic rings. The molecule has 2 N–H and O–H groups in total. The average molecular weight is 318 g/mol. The molecule has 0 aliphatic carbocycles. The number of carbonyl (C=O) groups excluding carboxylic acids is 1. The molecule has 122 valence electrons. The Morgan fingerprint density at radius 1 is 1.48 bits per heavy atom. The Morgan fingerprint density at radius 2 is 2.26 bits per heavy atom. The summed E-state index contributed by atoms with van der Waals surface area (Å²) >= 11 is 0. The zero-order chi connectivity index (χ0) is 16.4. The average Bonchev–Trinajstić information content (AvgIpc) is 3.05. The summed E-state index contributed by atoms with van der Waals surface area (Å²) in [5.41, 5.74) is 0.965. The van der Waals surface area contributed by atoms with Crippen LogP contribution in [0.1, 0.15) is 12.1 Å². The molecule has 7 heteroatoms. The van der Waals surface area contributed by atoms with Gasteiger partial charge in [0.25, 0.3) is 0 Å². The monoisotopic (exact) mass is 318 g/mol. The van der Waals surface area contributed by atoms with Gasteiger partial charge in [-0.25, -0.2) is 9.07 Å². The van der Waals surface area contributed by atoms with Crippen molar-refractivity contribution in [1.29, 1.82) is 0 Å². The third-order valence-electron chi connectivity index (χ3n) is 3.79. The maximum atomic E-state index is 14.0. The van der Waals surface area contributed by atoms with E-state index in [1.807, 2.05) is 4.90 Å². The molecule has 2 heterocycles. The van der Waals surface area contributed by atoms with E-state index in [0.29, 0.717) is 31.0 Å². The van der Waals surface area contributed by atoms with Crippen LogP contribution in [0.15, 0.2) is 30.3 Å². The number of likely N-dealkylation sites (tertiary alicyclic amines) is 1. The number of aryl methyl sites for hydroxylation is 1. The quantitative estimate of drug-likeness (QED) is 0.892. The first-order valence-corrected chi connectivity index (χ1v) is 7.55. The molecule has 6 nitrogen and oxygen atoms in total. The van der Waals surface area contributed by atoms with Gasteiger partial charge in [-0.05, 0) is 25.5 Å². The van der Waals surface area contributed by atoms with Crippen LogP contribution in [0.25, 0.3) is 5.69 Å². The number of anilines is 1. The minimum Gasteiger partial charge on any atom is -0.392 e. The smallest absolute Gasteiger partial charge is 0.239 e. The van der Waals surface area contributed by atoms with Crippen LogP contribution in [0.3, 0.4) is 0 Å². The fourth-order valence-electron chi connectivity index (χ4n) is 2.74. The molecule has 0 spiro atoms. The Balaban J connectivity index is 1.76. The van der Waals surface area contributed by atoms with Crippen LogP contribution in [0.2, 0.25) is 0 Å². The molecule has 23 heavy (non-hydrogen) atoms. The predicted octanol–water partition coefficient (Wildman–Crippen LogP) is 1.32. The number of aromatic nitrogens is 2. The molecular weight excluding hydrogens is 299 g/mol. The minimum atomic E-state index is -0.409. The lowest BCUT2D eigenvalue weighted by Gasteiger charge is -2.15. The van der Waals surface area contributed by atoms with Crippen molar-refractivity contribution in [2.45, 2.75) is 19.4 Å². The van der Waals surface area contributed by atoms with Crippen molar-refractivity contribution in [3.8, 4) is 5.69 Å². The van der Waals surface area contributed by atoms with E-state index in [4.69, 9.17) is 0 Å². The number of benzene rings is 1. The SMILES string of the molecule is Cc1cc(NC(=O)CN2CC[C@@H](O)C2)n(-c2ccccc2F)n1. The van der Waals surface area contributed by atoms with E-state index in [0.717, 1.165) is 0 Å². The highest BCUT2D eigenvalue weighted by molar-refractivity contribution is 5.91. The number of halogens is 1. The maximum absolute atomic E-state index is 14.0. The summed E-state index contributed by atoms with van der Waals surface area (Å²) < 4.78 is 15.4. The first-order valence-electron chi connectivity index (χ1n) is 7.55. The molecule has 3 rings (SSSR count). The molecule has 1 amide bonds. The van der Waals surface area contributed by atoms with Gasteiger partial charge in [-0.2, -0.15) is 5.10 Å². The van der Waals surface area contributed by atoms with Crippen LogP contribution in [0.5, 0.6) is 0 Å². The summed E-state index contributed by atoms with van der Waals surface area (Å²) in [5, 5.41) is 16.5. The Kier molecular flexibility index (Phi) is 4.40. The summed E-state index contributed by atoms with van der Waals surface area (Å²) in [6.45, 7) is 3.17. The summed E-state index contributed by atoms with van der Waals surface area (Å²) in [4.78, 5) is 14.1. The van der Waals surface area contributed by atoms with Gasteiger partial charge in [0.05, 0.1) is 18.3 Å². The van der Waals surface area contributed by atoms with Crippen molar-refractivity contribution in [3.05, 3.63) is 41.8 Å². The van der Waals surface area contributed by atoms with Gasteiger partial charge in [-0.1, -0.05) is 12.1 Å². The summed E-state index contributed by atoms with van der Waals surface area (Å²) in [6.07, 6.45) is 0.313. The zero-order valence-electron chi connectivity index (χ0n) is 12.9. The lowest BCUT2D eigenvalue weighted by Crippen LogP contribution is -2.32. The van der Waals surface area contributed by atoms with Crippen molar-refractivity contribution in [3.63, 3.8) is 0 Å². The lowest BCUT2D eigenvalue weighted by molar-refractivity contribution is -0.117. The fraction of sp³-hybridized carbons (Fsp3) is 0.375. The molecule has 1 aromatic carbocycles. The fourth-order valence-corrected chi connectivity index (χ4v) is 2.74. The Labute approximate surface area is 133 Å². The highest BCUT2D eigenvalue weighted by Crippen LogP contribution is 2.19. The van der Waals surface area contributed by atoms with Crippen LogP contribution in [0.4, 0.5) is 10.2 Å². The molecule has 1 aromatic heterocycles. The second kappa shape index (κ2) is 6.47. The number of para-hydroxylation sites is 1. The van der Waals surface area contributed by atoms with Crippen molar-refractivity contribution in [2.24, 2.45) is 0 Å². The van der Waals surface area contributed by atoms with Gasteiger partial charge in [0, 0.05) is 19.2 Å². The highest BCUT2D eigenvalue weighted by Gasteiger charge is 2.22. The number of aliphatic hydroxyl groups excluding tert-OH is 1. The van der Waals surface area contributed by atoms with Gasteiger partial charge < -0.3 is 10.4 Å². The van der Waals surface area contributed by atoms with E-state index in [9.17, 15) is 14.3 Å². The normalized spacial score (nSPS) is 18.3. The molecule has 1 fully saturated rings. The molecule has 1 aliphatic heterocycles. The number of rotatable bonds is 4. The number of nitrogens with zero attached hydrogens (tertiary/aromatic N) is 3. The number of nitrogens with one attached hydrogen (secondary N) is 1. The van der Waals surface area contributed by atoms with E-state index < -0.39 is 5.82 Å². The van der Waals surface area contributed by atoms with Gasteiger partial charge in [-0.15, -0.1) is 0 Å². The third-order valence-corrected chi connectivity index (χ3v) is 3.79. The van der Waals surface area contributed by atoms with Crippen molar-refractivity contribution in [2.75, 3.05) is 25.0 Å². The number of hydrogen-bond donors (Lipinski definition) is 2. The molecule has 0 bridgehead atoms. The molecular formula is C16H19FN4O2. The molecule has 0 radical (unpaired) electrons. The third kappa shape index (κ3) is 3.57. The van der Waals surface area contributed by atoms with Gasteiger partial charge in [-0.3, -0.25) is 9.69 Å². The van der Waals surface area contributed by atoms with Crippen LogP contribution in [-0.2, 0) is 4.79 Å². The van der Waals surface area contributed by atoms with Gasteiger partial charge in [0.2, 0.25) is 5.91 Å². The molecule has 0 saturated carbocycles. The number of hydrogen-bond acceptors (Lipinski definition) is 4. The van der Waals surface area contributed by atoms with E-state index in [1.54, 1.807) is 31.2 Å². The van der Waals surface area contributed by atoms with E-state index in [-0.39, 0.29) is 24.2 Å². The summed E-state index contributed by atoms with van der Waals surface area (Å²) in [7, 11) is 0. The Hall–Kier alpha value is -2.25. The standard InChI is InChI=1S/C16H19FN4O2/c1-11-8-15(18-16(23)10-20-7-6-12(22)9-20)21(19-11)14-5-3-2-4-13(14)17/h2-5,8,12,22H,6-7,9-10H2,1H3,(H,18,23)/t12-/m1/s1.